The van der Waals surface area contributed by atoms with Gasteiger partial charge in [0.25, 0.3) is 0 Å². The van der Waals surface area contributed by atoms with Crippen LogP contribution in [0.15, 0.2) is 0 Å². The van der Waals surface area contributed by atoms with Crippen molar-refractivity contribution >= 4 is 12.0 Å². The number of carboxylic acids is 1. The highest BCUT2D eigenvalue weighted by Gasteiger charge is 2.22. The van der Waals surface area contributed by atoms with Gasteiger partial charge in [-0.05, 0) is 33.1 Å². The molecule has 0 aliphatic carbocycles. The summed E-state index contributed by atoms with van der Waals surface area (Å²) in [6.07, 6.45) is 2.56. The van der Waals surface area contributed by atoms with Gasteiger partial charge in [0, 0.05) is 25.1 Å². The first-order chi connectivity index (χ1) is 8.39. The maximum absolute atomic E-state index is 11.6. The number of amides is 2. The minimum absolute atomic E-state index is 0.0407. The molecule has 0 radical (unpaired) electrons. The van der Waals surface area contributed by atoms with Crippen LogP contribution in [0.5, 0.6) is 0 Å². The molecule has 0 aromatic carbocycles. The third kappa shape index (κ3) is 5.86. The first-order valence-electron chi connectivity index (χ1n) is 6.28. The number of urea groups is 1. The summed E-state index contributed by atoms with van der Waals surface area (Å²) in [4.78, 5) is 22.1. The Balaban J connectivity index is 2.22. The van der Waals surface area contributed by atoms with Crippen molar-refractivity contribution in [2.45, 2.75) is 51.2 Å². The summed E-state index contributed by atoms with van der Waals surface area (Å²) >= 11 is 0. The molecule has 0 bridgehead atoms. The molecule has 1 fully saturated rings. The zero-order valence-corrected chi connectivity index (χ0v) is 11.0. The number of aliphatic carboxylic acids is 1. The molecule has 18 heavy (non-hydrogen) atoms. The lowest BCUT2D eigenvalue weighted by molar-refractivity contribution is -0.137. The van der Waals surface area contributed by atoms with Gasteiger partial charge in [-0.15, -0.1) is 0 Å². The predicted molar refractivity (Wildman–Crippen MR) is 66.5 cm³/mol. The molecular weight excluding hydrogens is 236 g/mol. The van der Waals surface area contributed by atoms with E-state index in [1.165, 1.54) is 0 Å². The van der Waals surface area contributed by atoms with Crippen LogP contribution in [-0.2, 0) is 9.53 Å². The number of ether oxygens (including phenoxy) is 1. The number of hydrogen-bond acceptors (Lipinski definition) is 3. The molecule has 1 saturated heterocycles. The molecule has 0 aromatic heterocycles. The molecular formula is C12H22N2O4. The van der Waals surface area contributed by atoms with Crippen LogP contribution in [0.25, 0.3) is 0 Å². The number of carboxylic acid groups (broad SMARTS) is 1. The quantitative estimate of drug-likeness (QED) is 0.666. The van der Waals surface area contributed by atoms with Crippen molar-refractivity contribution in [2.75, 3.05) is 13.2 Å². The van der Waals surface area contributed by atoms with E-state index >= 15 is 0 Å². The standard InChI is InChI=1S/C12H22N2O4/c1-12(2,6-5-10(15)16)14-11(17)13-8-9-4-3-7-18-9/h9H,3-8H2,1-2H3,(H,15,16)(H2,13,14,17). The summed E-state index contributed by atoms with van der Waals surface area (Å²) in [6.45, 7) is 4.88. The van der Waals surface area contributed by atoms with Crippen molar-refractivity contribution in [3.8, 4) is 0 Å². The fraction of sp³-hybridized carbons (Fsp3) is 0.833. The molecule has 1 heterocycles. The van der Waals surface area contributed by atoms with E-state index in [-0.39, 0.29) is 18.6 Å². The van der Waals surface area contributed by atoms with Gasteiger partial charge in [-0.25, -0.2) is 4.79 Å². The van der Waals surface area contributed by atoms with Crippen molar-refractivity contribution < 1.29 is 19.4 Å². The molecule has 1 aliphatic rings. The Morgan fingerprint density at radius 1 is 1.44 bits per heavy atom. The van der Waals surface area contributed by atoms with Gasteiger partial charge in [0.15, 0.2) is 0 Å². The fourth-order valence-corrected chi connectivity index (χ4v) is 1.85. The monoisotopic (exact) mass is 258 g/mol. The number of nitrogens with one attached hydrogen (secondary N) is 2. The van der Waals surface area contributed by atoms with Gasteiger partial charge in [0.2, 0.25) is 0 Å². The molecule has 1 aliphatic heterocycles. The second-order valence-corrected chi connectivity index (χ2v) is 5.25. The molecule has 104 valence electrons. The van der Waals surface area contributed by atoms with E-state index < -0.39 is 11.5 Å². The third-order valence-corrected chi connectivity index (χ3v) is 2.93. The lowest BCUT2D eigenvalue weighted by Gasteiger charge is -2.26. The van der Waals surface area contributed by atoms with E-state index in [4.69, 9.17) is 9.84 Å². The number of hydrogen-bond donors (Lipinski definition) is 3. The Morgan fingerprint density at radius 2 is 2.17 bits per heavy atom. The van der Waals surface area contributed by atoms with E-state index in [1.54, 1.807) is 0 Å². The summed E-state index contributed by atoms with van der Waals surface area (Å²) in [6, 6.07) is -0.277. The van der Waals surface area contributed by atoms with Gasteiger partial charge in [0.1, 0.15) is 0 Å². The summed E-state index contributed by atoms with van der Waals surface area (Å²) < 4.78 is 5.39. The largest absolute Gasteiger partial charge is 0.481 e. The molecule has 1 atom stereocenters. The smallest absolute Gasteiger partial charge is 0.315 e. The molecule has 2 amide bonds. The SMILES string of the molecule is CC(C)(CCC(=O)O)NC(=O)NCC1CCCO1. The molecule has 1 rings (SSSR count). The third-order valence-electron chi connectivity index (χ3n) is 2.93. The topological polar surface area (TPSA) is 87.7 Å². The Kier molecular flexibility index (Phi) is 5.40. The molecule has 0 aromatic rings. The maximum Gasteiger partial charge on any atom is 0.315 e. The van der Waals surface area contributed by atoms with Gasteiger partial charge in [-0.1, -0.05) is 0 Å². The Hall–Kier alpha value is -1.30. The highest BCUT2D eigenvalue weighted by Crippen LogP contribution is 2.12. The summed E-state index contributed by atoms with van der Waals surface area (Å²) in [5.74, 6) is -0.857. The zero-order valence-electron chi connectivity index (χ0n) is 11.0. The van der Waals surface area contributed by atoms with Crippen molar-refractivity contribution in [3.05, 3.63) is 0 Å². The first kappa shape index (κ1) is 14.8. The van der Waals surface area contributed by atoms with Crippen LogP contribution < -0.4 is 10.6 Å². The van der Waals surface area contributed by atoms with Gasteiger partial charge in [-0.2, -0.15) is 0 Å². The van der Waals surface area contributed by atoms with Crippen molar-refractivity contribution in [3.63, 3.8) is 0 Å². The average Bonchev–Trinajstić information content (AvgIpc) is 2.76. The van der Waals surface area contributed by atoms with E-state index in [2.05, 4.69) is 10.6 Å². The number of carbonyl (C=O) groups is 2. The lowest BCUT2D eigenvalue weighted by atomic mass is 9.99. The van der Waals surface area contributed by atoms with Crippen molar-refractivity contribution in [1.29, 1.82) is 0 Å². The van der Waals surface area contributed by atoms with Crippen LogP contribution in [0.1, 0.15) is 39.5 Å². The first-order valence-corrected chi connectivity index (χ1v) is 6.28. The zero-order chi connectivity index (χ0) is 13.6. The van der Waals surface area contributed by atoms with Gasteiger partial charge < -0.3 is 20.5 Å². The van der Waals surface area contributed by atoms with Gasteiger partial charge in [0.05, 0.1) is 6.10 Å². The van der Waals surface area contributed by atoms with Crippen LogP contribution >= 0.6 is 0 Å². The van der Waals surface area contributed by atoms with Crippen LogP contribution in [0, 0.1) is 0 Å². The van der Waals surface area contributed by atoms with Crippen LogP contribution in [0.3, 0.4) is 0 Å². The minimum Gasteiger partial charge on any atom is -0.481 e. The van der Waals surface area contributed by atoms with Crippen LogP contribution in [0.2, 0.25) is 0 Å². The maximum atomic E-state index is 11.6. The normalized spacial score (nSPS) is 19.6. The lowest BCUT2D eigenvalue weighted by Crippen LogP contribution is -2.49. The second kappa shape index (κ2) is 6.58. The van der Waals surface area contributed by atoms with Crippen LogP contribution in [-0.4, -0.2) is 41.9 Å². The minimum atomic E-state index is -0.857. The Morgan fingerprint density at radius 3 is 2.72 bits per heavy atom. The highest BCUT2D eigenvalue weighted by atomic mass is 16.5. The molecule has 0 spiro atoms. The molecule has 6 nitrogen and oxygen atoms in total. The van der Waals surface area contributed by atoms with Gasteiger partial charge >= 0.3 is 12.0 Å². The fourth-order valence-electron chi connectivity index (χ4n) is 1.85. The molecule has 0 saturated carbocycles. The molecule has 6 heteroatoms. The summed E-state index contributed by atoms with van der Waals surface area (Å²) in [5.41, 5.74) is -0.529. The highest BCUT2D eigenvalue weighted by molar-refractivity contribution is 5.75. The number of carbonyl (C=O) groups excluding carboxylic acids is 1. The average molecular weight is 258 g/mol. The predicted octanol–water partition coefficient (Wildman–Crippen LogP) is 1.11. The summed E-state index contributed by atoms with van der Waals surface area (Å²) in [7, 11) is 0. The van der Waals surface area contributed by atoms with E-state index in [9.17, 15) is 9.59 Å². The van der Waals surface area contributed by atoms with Gasteiger partial charge in [-0.3, -0.25) is 4.79 Å². The second-order valence-electron chi connectivity index (χ2n) is 5.25. The van der Waals surface area contributed by atoms with E-state index in [0.717, 1.165) is 19.4 Å². The van der Waals surface area contributed by atoms with Crippen molar-refractivity contribution in [1.82, 2.24) is 10.6 Å². The molecule has 3 N–H and O–H groups in total. The number of rotatable bonds is 6. The Labute approximate surface area is 107 Å². The van der Waals surface area contributed by atoms with E-state index in [1.807, 2.05) is 13.8 Å². The van der Waals surface area contributed by atoms with Crippen LogP contribution in [0.4, 0.5) is 4.79 Å². The Bertz CT molecular complexity index is 298. The molecule has 1 unspecified atom stereocenters. The summed E-state index contributed by atoms with van der Waals surface area (Å²) in [5, 5.41) is 14.1. The van der Waals surface area contributed by atoms with Crippen molar-refractivity contribution in [2.24, 2.45) is 0 Å². The van der Waals surface area contributed by atoms with E-state index in [0.29, 0.717) is 13.0 Å².